The monoisotopic (exact) mass is 1050 g/mol. The number of aromatic carboxylic acids is 1. The summed E-state index contributed by atoms with van der Waals surface area (Å²) < 4.78 is 117. The van der Waals surface area contributed by atoms with Gasteiger partial charge in [-0.2, -0.15) is 0 Å². The summed E-state index contributed by atoms with van der Waals surface area (Å²) in [4.78, 5) is 43.4. The Morgan fingerprint density at radius 1 is 0.585 bits per heavy atom. The van der Waals surface area contributed by atoms with Crippen molar-refractivity contribution in [1.29, 1.82) is 0 Å². The van der Waals surface area contributed by atoms with Gasteiger partial charge in [-0.05, 0) is 145 Å². The molecule has 65 heavy (non-hydrogen) atoms. The molecule has 3 saturated carbocycles. The Balaban J connectivity index is 0.000000222. The van der Waals surface area contributed by atoms with Crippen LogP contribution in [0.1, 0.15) is 88.5 Å². The lowest BCUT2D eigenvalue weighted by molar-refractivity contribution is -0.140. The van der Waals surface area contributed by atoms with Gasteiger partial charge in [0.2, 0.25) is 0 Å². The molecule has 10 nitrogen and oxygen atoms in total. The van der Waals surface area contributed by atoms with Gasteiger partial charge in [-0.15, -0.1) is 0 Å². The summed E-state index contributed by atoms with van der Waals surface area (Å²) in [5, 5.41) is 24.9. The van der Waals surface area contributed by atoms with Gasteiger partial charge in [0, 0.05) is 0 Å². The maximum atomic E-state index is 13.5. The summed E-state index contributed by atoms with van der Waals surface area (Å²) in [6, 6.07) is 9.01. The maximum absolute atomic E-state index is 13.5. The Labute approximate surface area is 385 Å². The Kier molecular flexibility index (Phi) is 20.8. The Hall–Kier alpha value is -5.12. The number of halogens is 10. The van der Waals surface area contributed by atoms with Crippen LogP contribution < -0.4 is 0 Å². The maximum Gasteiger partial charge on any atom is 0.454 e. The van der Waals surface area contributed by atoms with Crippen molar-refractivity contribution >= 4 is 68.4 Å². The Morgan fingerprint density at radius 2 is 0.985 bits per heavy atom. The van der Waals surface area contributed by atoms with Crippen molar-refractivity contribution in [2.45, 2.75) is 69.0 Å². The van der Waals surface area contributed by atoms with Gasteiger partial charge in [0.1, 0.15) is 0 Å². The summed E-state index contributed by atoms with van der Waals surface area (Å²) >= 11 is 5.53. The van der Waals surface area contributed by atoms with E-state index in [4.69, 9.17) is 15.2 Å². The molecule has 4 aromatic carbocycles. The average Bonchev–Trinajstić information content (AvgIpc) is 4.09. The minimum atomic E-state index is -1.30. The first-order chi connectivity index (χ1) is 30.5. The van der Waals surface area contributed by atoms with Crippen LogP contribution in [0.4, 0.5) is 35.1 Å². The van der Waals surface area contributed by atoms with E-state index in [9.17, 15) is 54.3 Å². The molecule has 3 aliphatic rings. The zero-order valence-electron chi connectivity index (χ0n) is 34.8. The number of ether oxygens (including phenoxy) is 3. The van der Waals surface area contributed by atoms with Crippen molar-refractivity contribution in [3.8, 4) is 0 Å². The fourth-order valence-electron chi connectivity index (χ4n) is 5.44. The Bertz CT molecular complexity index is 2350. The highest BCUT2D eigenvalue weighted by molar-refractivity contribution is 9.10. The SMILES string of the molecule is C=C(C(=O)OC)c1cc(F)c(F)c(C2CC2)c1.COC(=O)Cc1cc(F)c(F)c(Br)c1.COC(=O)Cc1cc(F)c(F)c(C2CC2)c1.O=C(O)c1cc(F)c(F)c(Br)c1.OB(O)C1CC1. The van der Waals surface area contributed by atoms with E-state index in [-0.39, 0.29) is 56.1 Å². The third kappa shape index (κ3) is 17.0. The number of benzene rings is 4. The number of carboxylic acids is 1. The lowest BCUT2D eigenvalue weighted by Crippen LogP contribution is -2.09. The van der Waals surface area contributed by atoms with Crippen LogP contribution in [-0.4, -0.2) is 67.5 Å². The highest BCUT2D eigenvalue weighted by Gasteiger charge is 2.33. The fraction of sp³-hybridized carbons (Fsp3) is 0.318. The molecule has 0 spiro atoms. The zero-order valence-corrected chi connectivity index (χ0v) is 37.9. The minimum Gasteiger partial charge on any atom is -0.478 e. The number of hydrogen-bond donors (Lipinski definition) is 3. The molecule has 0 atom stereocenters. The predicted octanol–water partition coefficient (Wildman–Crippen LogP) is 10.1. The van der Waals surface area contributed by atoms with Crippen molar-refractivity contribution in [1.82, 2.24) is 0 Å². The van der Waals surface area contributed by atoms with Crippen LogP contribution in [0.2, 0.25) is 5.82 Å². The van der Waals surface area contributed by atoms with E-state index in [2.05, 4.69) is 52.6 Å². The standard InChI is InChI=1S/C13H12F2O2.C12H12F2O2.C9H7BrF2O2.C7H3BrF2O2.C3H7BO2/c1-7(13(16)17-2)9-5-10(8-3-4-8)12(15)11(14)6-9;1-16-11(15)6-7-4-9(8-2-3-8)12(14)10(13)5-7;1-14-8(13)4-5-2-6(10)9(12)7(11)3-5;8-4-1-3(7(11)12)2-5(9)6(4)10;5-4(6)3-1-2-3/h5-6,8H,1,3-4H2,2H3;4-5,8H,2-3,6H2,1H3;2-3H,4H2,1H3;1-2H,(H,11,12);3,5-6H,1-2H2. The van der Waals surface area contributed by atoms with Crippen molar-refractivity contribution in [2.24, 2.45) is 0 Å². The number of carbonyl (C=O) groups excluding carboxylic acids is 3. The number of methoxy groups -OCH3 is 3. The molecule has 0 bridgehead atoms. The molecule has 350 valence electrons. The molecule has 3 fully saturated rings. The molecular weight excluding hydrogens is 1010 g/mol. The summed E-state index contributed by atoms with van der Waals surface area (Å²) in [5.74, 6) is -10.1. The lowest BCUT2D eigenvalue weighted by atomic mass is 9.84. The Morgan fingerprint density at radius 3 is 1.35 bits per heavy atom. The molecule has 21 heteroatoms. The van der Waals surface area contributed by atoms with Crippen molar-refractivity contribution in [2.75, 3.05) is 21.3 Å². The molecule has 3 aliphatic carbocycles. The second kappa shape index (κ2) is 25.0. The van der Waals surface area contributed by atoms with E-state index in [0.717, 1.165) is 62.8 Å². The molecule has 0 aromatic heterocycles. The molecule has 0 amide bonds. The van der Waals surface area contributed by atoms with E-state index in [1.807, 2.05) is 0 Å². The first kappa shape index (κ1) is 54.2. The van der Waals surface area contributed by atoms with Gasteiger partial charge in [-0.3, -0.25) is 9.59 Å². The molecule has 0 aliphatic heterocycles. The molecular formula is C44H41BBr2F8O10. The highest BCUT2D eigenvalue weighted by atomic mass is 79.9. The lowest BCUT2D eigenvalue weighted by Gasteiger charge is -2.08. The zero-order chi connectivity index (χ0) is 48.9. The number of hydrogen-bond acceptors (Lipinski definition) is 9. The summed E-state index contributed by atoms with van der Waals surface area (Å²) in [5.41, 5.74) is 1.56. The summed E-state index contributed by atoms with van der Waals surface area (Å²) in [6.07, 6.45) is 5.38. The second-order valence-corrected chi connectivity index (χ2v) is 16.3. The molecule has 0 heterocycles. The molecule has 7 rings (SSSR count). The van der Waals surface area contributed by atoms with E-state index in [0.29, 0.717) is 28.3 Å². The van der Waals surface area contributed by atoms with E-state index < -0.39 is 77.5 Å². The normalized spacial score (nSPS) is 13.4. The van der Waals surface area contributed by atoms with Crippen LogP contribution in [0.25, 0.3) is 5.57 Å². The van der Waals surface area contributed by atoms with Gasteiger partial charge >= 0.3 is 31.0 Å². The largest absolute Gasteiger partial charge is 0.478 e. The van der Waals surface area contributed by atoms with Gasteiger partial charge in [-0.25, -0.2) is 44.7 Å². The van der Waals surface area contributed by atoms with E-state index in [1.165, 1.54) is 33.5 Å². The minimum absolute atomic E-state index is 0.00333. The van der Waals surface area contributed by atoms with Crippen molar-refractivity contribution in [3.63, 3.8) is 0 Å². The van der Waals surface area contributed by atoms with Crippen LogP contribution in [0, 0.1) is 46.5 Å². The van der Waals surface area contributed by atoms with Crippen LogP contribution in [0.3, 0.4) is 0 Å². The third-order valence-electron chi connectivity index (χ3n) is 9.46. The average molecular weight is 1050 g/mol. The summed E-state index contributed by atoms with van der Waals surface area (Å²) in [6.45, 7) is 3.52. The first-order valence-electron chi connectivity index (χ1n) is 19.3. The van der Waals surface area contributed by atoms with Crippen molar-refractivity contribution in [3.05, 3.63) is 144 Å². The van der Waals surface area contributed by atoms with E-state index >= 15 is 0 Å². The first-order valence-corrected chi connectivity index (χ1v) is 20.9. The smallest absolute Gasteiger partial charge is 0.454 e. The van der Waals surface area contributed by atoms with E-state index in [1.54, 1.807) is 6.07 Å². The highest BCUT2D eigenvalue weighted by Crippen LogP contribution is 2.43. The van der Waals surface area contributed by atoms with Gasteiger partial charge < -0.3 is 29.4 Å². The summed E-state index contributed by atoms with van der Waals surface area (Å²) in [7, 11) is 2.68. The number of rotatable bonds is 10. The van der Waals surface area contributed by atoms with Crippen LogP contribution in [0.15, 0.2) is 64.1 Å². The van der Waals surface area contributed by atoms with Crippen LogP contribution in [-0.2, 0) is 41.4 Å². The van der Waals surface area contributed by atoms with Gasteiger partial charge in [-0.1, -0.05) is 25.5 Å². The van der Waals surface area contributed by atoms with Gasteiger partial charge in [0.15, 0.2) is 46.5 Å². The number of carboxylic acid groups (broad SMARTS) is 1. The predicted molar refractivity (Wildman–Crippen MR) is 227 cm³/mol. The quantitative estimate of drug-likeness (QED) is 0.0349. The second-order valence-electron chi connectivity index (χ2n) is 14.6. The molecule has 0 saturated heterocycles. The van der Waals surface area contributed by atoms with Gasteiger partial charge in [0.05, 0.1) is 54.3 Å². The topological polar surface area (TPSA) is 157 Å². The molecule has 3 N–H and O–H groups in total. The van der Waals surface area contributed by atoms with Crippen LogP contribution >= 0.6 is 31.9 Å². The van der Waals surface area contributed by atoms with Crippen molar-refractivity contribution < 1.29 is 83.7 Å². The fourth-order valence-corrected chi connectivity index (χ4v) is 6.36. The number of carbonyl (C=O) groups is 4. The molecule has 0 radical (unpaired) electrons. The number of esters is 3. The third-order valence-corrected chi connectivity index (χ3v) is 10.6. The van der Waals surface area contributed by atoms with Gasteiger partial charge in [0.25, 0.3) is 0 Å². The molecule has 0 unspecified atom stereocenters. The van der Waals surface area contributed by atoms with Crippen LogP contribution in [0.5, 0.6) is 0 Å². The molecule has 4 aromatic rings.